The van der Waals surface area contributed by atoms with Gasteiger partial charge in [-0.15, -0.1) is 0 Å². The van der Waals surface area contributed by atoms with Crippen molar-refractivity contribution < 1.29 is 33.0 Å². The summed E-state index contributed by atoms with van der Waals surface area (Å²) in [4.78, 5) is 47.8. The van der Waals surface area contributed by atoms with E-state index in [0.29, 0.717) is 77.0 Å². The van der Waals surface area contributed by atoms with E-state index >= 15 is 8.78 Å². The van der Waals surface area contributed by atoms with Gasteiger partial charge in [0.05, 0.1) is 29.7 Å². The molecule has 15 nitrogen and oxygen atoms in total. The molecule has 1 aliphatic carbocycles. The number of imide groups is 1. The van der Waals surface area contributed by atoms with Crippen LogP contribution in [-0.2, 0) is 23.0 Å². The van der Waals surface area contributed by atoms with Crippen molar-refractivity contribution in [3.05, 3.63) is 71.4 Å². The number of hydrogen-bond donors (Lipinski definition) is 2. The first kappa shape index (κ1) is 45.1. The molecule has 0 unspecified atom stereocenters. The highest BCUT2D eigenvalue weighted by molar-refractivity contribution is 6.09. The number of piperidine rings is 3. The Kier molecular flexibility index (Phi) is 11.4. The predicted molar refractivity (Wildman–Crippen MR) is 262 cm³/mol. The fourth-order valence-electron chi connectivity index (χ4n) is 12.3. The molecule has 0 bridgehead atoms. The molecule has 0 radical (unpaired) electrons. The van der Waals surface area contributed by atoms with E-state index in [4.69, 9.17) is 19.4 Å². The average molecular weight is 955 g/mol. The molecule has 1 spiro atoms. The number of carbonyl (C=O) groups excluding carboxylic acids is 2. The smallest absolute Gasteiger partial charge is 0.329 e. The molecule has 3 amide bonds. The number of urea groups is 1. The third kappa shape index (κ3) is 8.16. The molecule has 6 aliphatic rings. The van der Waals surface area contributed by atoms with Gasteiger partial charge in [-0.25, -0.2) is 13.6 Å². The maximum Gasteiger partial charge on any atom is 0.329 e. The van der Waals surface area contributed by atoms with Gasteiger partial charge < -0.3 is 29.3 Å². The van der Waals surface area contributed by atoms with Crippen molar-refractivity contribution in [3.8, 4) is 23.0 Å². The van der Waals surface area contributed by atoms with Crippen molar-refractivity contribution in [2.75, 3.05) is 75.4 Å². The van der Waals surface area contributed by atoms with E-state index in [-0.39, 0.29) is 46.3 Å². The zero-order valence-corrected chi connectivity index (χ0v) is 40.0. The molecule has 5 aliphatic heterocycles. The summed E-state index contributed by atoms with van der Waals surface area (Å²) < 4.78 is 47.0. The second-order valence-electron chi connectivity index (χ2n) is 20.9. The Bertz CT molecular complexity index is 3050. The van der Waals surface area contributed by atoms with Gasteiger partial charge in [-0.1, -0.05) is 19.1 Å². The van der Waals surface area contributed by atoms with Gasteiger partial charge in [-0.05, 0) is 142 Å². The van der Waals surface area contributed by atoms with Crippen molar-refractivity contribution in [2.45, 2.75) is 95.1 Å². The van der Waals surface area contributed by atoms with Gasteiger partial charge >= 0.3 is 12.0 Å². The molecular formula is C53H60F2N10O5. The van der Waals surface area contributed by atoms with Gasteiger partial charge in [0, 0.05) is 74.7 Å². The van der Waals surface area contributed by atoms with Crippen LogP contribution in [0, 0.1) is 17.0 Å². The molecular weight excluding hydrogens is 895 g/mol. The molecule has 2 N–H and O–H groups in total. The molecule has 17 heteroatoms. The number of nitrogens with zero attached hydrogens (tertiary/aromatic N) is 9. The Morgan fingerprint density at radius 2 is 1.73 bits per heavy atom. The lowest BCUT2D eigenvalue weighted by Crippen LogP contribution is -2.56. The predicted octanol–water partition coefficient (Wildman–Crippen LogP) is 7.99. The van der Waals surface area contributed by atoms with E-state index in [9.17, 15) is 14.7 Å². The maximum atomic E-state index is 17.2. The maximum absolute atomic E-state index is 17.2. The molecule has 3 aromatic heterocycles. The van der Waals surface area contributed by atoms with Crippen LogP contribution in [0.15, 0.2) is 48.7 Å². The van der Waals surface area contributed by atoms with E-state index < -0.39 is 17.7 Å². The fourth-order valence-corrected chi connectivity index (χ4v) is 12.3. The molecule has 8 heterocycles. The molecule has 5 saturated heterocycles. The first-order valence-corrected chi connectivity index (χ1v) is 25.3. The summed E-state index contributed by atoms with van der Waals surface area (Å²) in [6.45, 7) is 9.79. The second-order valence-corrected chi connectivity index (χ2v) is 20.9. The van der Waals surface area contributed by atoms with Gasteiger partial charge in [0.1, 0.15) is 28.6 Å². The number of nitrogens with one attached hydrogen (secondary N) is 1. The number of phenolic OH excluding ortho intramolecular Hbond substituents is 1. The van der Waals surface area contributed by atoms with Crippen LogP contribution in [0.1, 0.15) is 88.2 Å². The lowest BCUT2D eigenvalue weighted by molar-refractivity contribution is -0.151. The first-order valence-electron chi connectivity index (χ1n) is 25.3. The van der Waals surface area contributed by atoms with Crippen LogP contribution < -0.4 is 19.9 Å². The van der Waals surface area contributed by atoms with Crippen LogP contribution in [0.2, 0.25) is 0 Å². The number of aromatic hydroxyl groups is 1. The third-order valence-electron chi connectivity index (χ3n) is 16.5. The summed E-state index contributed by atoms with van der Waals surface area (Å²) in [6, 6.07) is 12.7. The van der Waals surface area contributed by atoms with E-state index in [1.165, 1.54) is 17.7 Å². The first-order chi connectivity index (χ1) is 34.0. The zero-order valence-electron chi connectivity index (χ0n) is 40.0. The largest absolute Gasteiger partial charge is 0.508 e. The lowest BCUT2D eigenvalue weighted by Gasteiger charge is -2.48. The lowest BCUT2D eigenvalue weighted by atomic mass is 9.86. The molecule has 12 rings (SSSR count). The number of anilines is 2. The summed E-state index contributed by atoms with van der Waals surface area (Å²) in [5.41, 5.74) is 2.82. The SMILES string of the molecule is CCc1c(F)ccc2cc(O)cc(-c3ncc4c(N5CCC[C@]6(CCO6)C5)nc(OCC5(CN6CCC(N7CCC(c8ccc9c(N%10CCC(=O)NC%10=O)nn(C)c9c8)CC7)CC6)CC5)nc4c3F)c12. The molecule has 3 aromatic carbocycles. The van der Waals surface area contributed by atoms with Crippen molar-refractivity contribution in [1.82, 2.24) is 39.8 Å². The van der Waals surface area contributed by atoms with Crippen LogP contribution in [0.4, 0.5) is 25.2 Å². The minimum absolute atomic E-state index is 0.0158. The zero-order chi connectivity index (χ0) is 47.9. The number of phenols is 1. The minimum atomic E-state index is -0.670. The molecule has 366 valence electrons. The van der Waals surface area contributed by atoms with E-state index in [1.807, 2.05) is 18.7 Å². The Labute approximate surface area is 405 Å². The van der Waals surface area contributed by atoms with Gasteiger partial charge in [-0.2, -0.15) is 15.1 Å². The summed E-state index contributed by atoms with van der Waals surface area (Å²) in [5.74, 6) is 0.224. The summed E-state index contributed by atoms with van der Waals surface area (Å²) in [7, 11) is 1.91. The quantitative estimate of drug-likeness (QED) is 0.129. The van der Waals surface area contributed by atoms with E-state index in [1.54, 1.807) is 23.2 Å². The number of carbonyl (C=O) groups is 2. The number of hydrogen-bond acceptors (Lipinski definition) is 12. The molecule has 1 saturated carbocycles. The number of fused-ring (bicyclic) bond motifs is 3. The number of likely N-dealkylation sites (tertiary alicyclic amines) is 2. The van der Waals surface area contributed by atoms with Crippen molar-refractivity contribution in [3.63, 3.8) is 0 Å². The second kappa shape index (κ2) is 17.7. The average Bonchev–Trinajstić information content (AvgIpc) is 4.05. The number of amides is 3. The highest BCUT2D eigenvalue weighted by Crippen LogP contribution is 2.48. The van der Waals surface area contributed by atoms with Crippen LogP contribution in [-0.4, -0.2) is 129 Å². The molecule has 6 aromatic rings. The van der Waals surface area contributed by atoms with E-state index in [2.05, 4.69) is 48.3 Å². The third-order valence-corrected chi connectivity index (χ3v) is 16.5. The van der Waals surface area contributed by atoms with Gasteiger partial charge in [0.15, 0.2) is 11.6 Å². The van der Waals surface area contributed by atoms with Crippen LogP contribution in [0.25, 0.3) is 43.8 Å². The monoisotopic (exact) mass is 954 g/mol. The summed E-state index contributed by atoms with van der Waals surface area (Å²) in [6.07, 6.45) is 11.6. The number of ether oxygens (including phenoxy) is 2. The Morgan fingerprint density at radius 3 is 2.47 bits per heavy atom. The molecule has 6 fully saturated rings. The number of pyridine rings is 1. The van der Waals surface area contributed by atoms with E-state index in [0.717, 1.165) is 115 Å². The van der Waals surface area contributed by atoms with Crippen molar-refractivity contribution in [1.29, 1.82) is 0 Å². The Balaban J connectivity index is 0.716. The van der Waals surface area contributed by atoms with Gasteiger partial charge in [0.25, 0.3) is 0 Å². The van der Waals surface area contributed by atoms with Gasteiger partial charge in [0.2, 0.25) is 5.91 Å². The standard InChI is InChI=1S/C53H60F2N10O5/c1-3-37-41(54)8-6-34-25-36(66)27-39(44(34)37)46-45(55)47-40(28-56-46)48(64-18-4-14-53(30-64)17-24-70-53)59-50(58-47)69-31-52(15-16-52)29-62-19-11-35(12-20-62)63-21-9-32(10-22-63)33-5-7-38-42(26-33)61(2)60-49(38)65-23-13-43(67)57-51(65)68/h5-8,25-28,32,35,66H,3-4,9-24,29-31H2,1-2H3,(H,57,67,68)/t53-/m0/s1. The van der Waals surface area contributed by atoms with Gasteiger partial charge in [-0.3, -0.25) is 24.7 Å². The Morgan fingerprint density at radius 1 is 0.914 bits per heavy atom. The number of benzene rings is 3. The minimum Gasteiger partial charge on any atom is -0.508 e. The van der Waals surface area contributed by atoms with Crippen molar-refractivity contribution >= 4 is 56.2 Å². The fraction of sp³-hybridized carbons (Fsp3) is 0.509. The van der Waals surface area contributed by atoms with Crippen LogP contribution in [0.5, 0.6) is 11.8 Å². The number of halogens is 2. The number of aromatic nitrogens is 5. The number of rotatable bonds is 11. The molecule has 1 atom stereocenters. The normalized spacial score (nSPS) is 22.6. The highest BCUT2D eigenvalue weighted by Gasteiger charge is 2.46. The summed E-state index contributed by atoms with van der Waals surface area (Å²) in [5, 5.41) is 20.4. The highest BCUT2D eigenvalue weighted by atomic mass is 19.1. The Hall–Kier alpha value is -6.04. The summed E-state index contributed by atoms with van der Waals surface area (Å²) >= 11 is 0. The van der Waals surface area contributed by atoms with Crippen molar-refractivity contribution in [2.24, 2.45) is 12.5 Å². The van der Waals surface area contributed by atoms with Crippen LogP contribution >= 0.6 is 0 Å². The molecule has 70 heavy (non-hydrogen) atoms. The van der Waals surface area contributed by atoms with Crippen LogP contribution in [0.3, 0.4) is 0 Å². The topological polar surface area (TPSA) is 154 Å². The number of aryl methyl sites for hydroxylation is 2.